The number of amides is 3. The summed E-state index contributed by atoms with van der Waals surface area (Å²) in [7, 11) is -2.83. The summed E-state index contributed by atoms with van der Waals surface area (Å²) < 4.78 is 72.0. The van der Waals surface area contributed by atoms with E-state index in [-0.39, 0.29) is 65.0 Å². The van der Waals surface area contributed by atoms with Crippen LogP contribution in [0.1, 0.15) is 42.5 Å². The van der Waals surface area contributed by atoms with Crippen LogP contribution in [0, 0.1) is 17.5 Å². The van der Waals surface area contributed by atoms with Gasteiger partial charge in [-0.25, -0.2) is 26.4 Å². The Morgan fingerprint density at radius 3 is 2.26 bits per heavy atom. The first-order chi connectivity index (χ1) is 18.4. The molecule has 2 heterocycles. The van der Waals surface area contributed by atoms with Gasteiger partial charge in [0.25, 0.3) is 5.91 Å². The van der Waals surface area contributed by atoms with Gasteiger partial charge in [0.1, 0.15) is 0 Å². The number of rotatable bonds is 7. The maximum Gasteiger partial charge on any atom is 0.406 e. The van der Waals surface area contributed by atoms with Crippen LogP contribution in [0.2, 0.25) is 5.02 Å². The highest BCUT2D eigenvalue weighted by atomic mass is 35.5. The number of ether oxygens (including phenoxy) is 1. The monoisotopic (exact) mass is 587 g/mol. The number of alkyl carbamates (subject to hydrolysis) is 1. The average Bonchev–Trinajstić information content (AvgIpc) is 3.15. The van der Waals surface area contributed by atoms with E-state index in [1.807, 2.05) is 0 Å². The Bertz CT molecular complexity index is 1390. The number of methoxy groups -OCH3 is 1. The zero-order valence-electron chi connectivity index (χ0n) is 20.7. The summed E-state index contributed by atoms with van der Waals surface area (Å²) in [4.78, 5) is 38.1. The topological polar surface area (TPSA) is 122 Å². The molecule has 2 aliphatic rings. The second kappa shape index (κ2) is 11.4. The summed E-state index contributed by atoms with van der Waals surface area (Å²) in [5.41, 5.74) is -0.497. The second-order valence-corrected chi connectivity index (χ2v) is 11.9. The summed E-state index contributed by atoms with van der Waals surface area (Å²) in [6, 6.07) is 4.16. The molecule has 0 saturated carbocycles. The minimum atomic E-state index is -4.04. The average molecular weight is 588 g/mol. The van der Waals surface area contributed by atoms with Crippen LogP contribution in [-0.4, -0.2) is 62.2 Å². The zero-order valence-corrected chi connectivity index (χ0v) is 22.3. The molecule has 2 N–H and O–H groups in total. The summed E-state index contributed by atoms with van der Waals surface area (Å²) in [6.07, 6.45) is 1.01. The van der Waals surface area contributed by atoms with E-state index >= 15 is 0 Å². The number of carbonyl (C=O) groups excluding carboxylic acids is 3. The molecular formula is C25H25ClF3N3O6S. The Balaban J connectivity index is 1.49. The number of benzene rings is 2. The third-order valence-corrected chi connectivity index (χ3v) is 9.61. The number of anilines is 1. The molecule has 0 aliphatic carbocycles. The van der Waals surface area contributed by atoms with E-state index in [0.29, 0.717) is 25.0 Å². The van der Waals surface area contributed by atoms with E-state index < -0.39 is 44.5 Å². The van der Waals surface area contributed by atoms with Gasteiger partial charge in [0, 0.05) is 48.4 Å². The minimum absolute atomic E-state index is 0.0460. The predicted molar refractivity (Wildman–Crippen MR) is 135 cm³/mol. The van der Waals surface area contributed by atoms with Crippen LogP contribution in [0.4, 0.5) is 23.7 Å². The van der Waals surface area contributed by atoms with Gasteiger partial charge in [-0.05, 0) is 43.9 Å². The number of hydrogen-bond acceptors (Lipinski definition) is 6. The fourth-order valence-corrected chi connectivity index (χ4v) is 7.51. The van der Waals surface area contributed by atoms with Crippen LogP contribution in [-0.2, 0) is 19.4 Å². The highest BCUT2D eigenvalue weighted by Crippen LogP contribution is 2.41. The molecule has 0 aromatic heterocycles. The van der Waals surface area contributed by atoms with E-state index in [4.69, 9.17) is 11.6 Å². The van der Waals surface area contributed by atoms with Gasteiger partial charge in [-0.1, -0.05) is 11.6 Å². The molecule has 39 heavy (non-hydrogen) atoms. The molecule has 14 heteroatoms. The van der Waals surface area contributed by atoms with Gasteiger partial charge in [-0.15, -0.1) is 0 Å². The summed E-state index contributed by atoms with van der Waals surface area (Å²) >= 11 is 6.23. The molecule has 2 aliphatic heterocycles. The largest absolute Gasteiger partial charge is 0.453 e. The van der Waals surface area contributed by atoms with Crippen molar-refractivity contribution in [1.29, 1.82) is 0 Å². The fourth-order valence-electron chi connectivity index (χ4n) is 5.13. The van der Waals surface area contributed by atoms with Gasteiger partial charge in [0.2, 0.25) is 5.91 Å². The van der Waals surface area contributed by atoms with Crippen LogP contribution < -0.4 is 10.6 Å². The minimum Gasteiger partial charge on any atom is -0.453 e. The lowest BCUT2D eigenvalue weighted by molar-refractivity contribution is -0.135. The lowest BCUT2D eigenvalue weighted by atomic mass is 10.0. The van der Waals surface area contributed by atoms with Gasteiger partial charge >= 0.3 is 6.09 Å². The van der Waals surface area contributed by atoms with Crippen molar-refractivity contribution < 1.29 is 40.7 Å². The molecule has 2 aromatic rings. The Labute approximate surface area is 227 Å². The maximum absolute atomic E-state index is 13.6. The predicted octanol–water partition coefficient (Wildman–Crippen LogP) is 4.05. The van der Waals surface area contributed by atoms with E-state index in [1.54, 1.807) is 4.90 Å². The van der Waals surface area contributed by atoms with Crippen LogP contribution in [0.5, 0.6) is 0 Å². The van der Waals surface area contributed by atoms with E-state index in [9.17, 15) is 36.0 Å². The Morgan fingerprint density at radius 2 is 1.67 bits per heavy atom. The number of fused-ring (bicyclic) bond motifs is 2. The molecule has 1 unspecified atom stereocenters. The zero-order chi connectivity index (χ0) is 28.5. The highest BCUT2D eigenvalue weighted by Gasteiger charge is 2.47. The first-order valence-electron chi connectivity index (χ1n) is 12.0. The number of piperidine rings is 1. The molecule has 3 atom stereocenters. The molecule has 3 amide bonds. The molecule has 9 nitrogen and oxygen atoms in total. The van der Waals surface area contributed by atoms with Gasteiger partial charge in [-0.2, -0.15) is 0 Å². The Morgan fingerprint density at radius 1 is 1.05 bits per heavy atom. The maximum atomic E-state index is 13.6. The quantitative estimate of drug-likeness (QED) is 0.471. The highest BCUT2D eigenvalue weighted by molar-refractivity contribution is 7.92. The normalized spacial score (nSPS) is 20.4. The third kappa shape index (κ3) is 5.98. The van der Waals surface area contributed by atoms with Crippen LogP contribution in [0.3, 0.4) is 0 Å². The molecule has 210 valence electrons. The lowest BCUT2D eigenvalue weighted by Gasteiger charge is -2.39. The molecule has 4 rings (SSSR count). The van der Waals surface area contributed by atoms with Crippen molar-refractivity contribution in [3.8, 4) is 0 Å². The second-order valence-electron chi connectivity index (χ2n) is 9.35. The molecular weight excluding hydrogens is 563 g/mol. The molecule has 0 radical (unpaired) electrons. The van der Waals surface area contributed by atoms with E-state index in [0.717, 1.165) is 6.07 Å². The van der Waals surface area contributed by atoms with E-state index in [1.165, 1.54) is 19.2 Å². The van der Waals surface area contributed by atoms with Crippen LogP contribution >= 0.6 is 11.6 Å². The number of halogens is 4. The molecule has 2 saturated heterocycles. The van der Waals surface area contributed by atoms with Crippen LogP contribution in [0.15, 0.2) is 35.2 Å². The van der Waals surface area contributed by atoms with E-state index in [2.05, 4.69) is 15.4 Å². The molecule has 2 bridgehead atoms. The third-order valence-electron chi connectivity index (χ3n) is 6.95. The van der Waals surface area contributed by atoms with Crippen molar-refractivity contribution >= 4 is 45.0 Å². The van der Waals surface area contributed by atoms with Crippen molar-refractivity contribution in [2.75, 3.05) is 19.0 Å². The number of nitrogens with zero attached hydrogens (tertiary/aromatic N) is 1. The van der Waals surface area contributed by atoms with Crippen LogP contribution in [0.25, 0.3) is 0 Å². The number of hydrogen-bond donors (Lipinski definition) is 2. The van der Waals surface area contributed by atoms with Crippen molar-refractivity contribution in [3.63, 3.8) is 0 Å². The summed E-state index contributed by atoms with van der Waals surface area (Å²) in [5.74, 6) is -5.75. The molecule has 2 fully saturated rings. The first-order valence-corrected chi connectivity index (χ1v) is 14.0. The fraction of sp³-hybridized carbons (Fsp3) is 0.400. The Kier molecular flexibility index (Phi) is 8.40. The van der Waals surface area contributed by atoms with Gasteiger partial charge in [-0.3, -0.25) is 9.59 Å². The van der Waals surface area contributed by atoms with Crippen molar-refractivity contribution in [1.82, 2.24) is 10.2 Å². The van der Waals surface area contributed by atoms with Crippen molar-refractivity contribution in [2.24, 2.45) is 0 Å². The number of carbonyl (C=O) groups is 3. The van der Waals surface area contributed by atoms with Crippen molar-refractivity contribution in [2.45, 2.75) is 54.3 Å². The summed E-state index contributed by atoms with van der Waals surface area (Å²) in [5, 5.41) is 3.69. The standard InChI is InChI=1S/C25H25ClF3N3O6S/c1-38-25(35)30-7-6-22(33)32-15-3-4-16(32)12-17(11-15)39(36,37)21-8-13(2-5-18(21)26)24(34)31-14-9-19(27)23(29)20(28)10-14/h2,5,8-10,15-17H,3-4,6-7,11-12H2,1H3,(H,30,35)(H,31,34)/t15-,16?,17-/m0/s1. The SMILES string of the molecule is COC(=O)NCCC(=O)N1C2CC[C@H]1C[C@H](S(=O)(=O)c1cc(C(=O)Nc3cc(F)c(F)c(F)c3)ccc1Cl)C2. The smallest absolute Gasteiger partial charge is 0.406 e. The van der Waals surface area contributed by atoms with Gasteiger partial charge in [0.15, 0.2) is 27.3 Å². The summed E-state index contributed by atoms with van der Waals surface area (Å²) in [6.45, 7) is 0.0881. The lowest BCUT2D eigenvalue weighted by Crippen LogP contribution is -2.50. The van der Waals surface area contributed by atoms with Crippen molar-refractivity contribution in [3.05, 3.63) is 58.4 Å². The number of sulfone groups is 1. The first kappa shape index (κ1) is 28.7. The van der Waals surface area contributed by atoms with Gasteiger partial charge in [0.05, 0.1) is 22.3 Å². The Hall–Kier alpha value is -3.32. The molecule has 2 aromatic carbocycles. The number of nitrogens with one attached hydrogen (secondary N) is 2. The van der Waals surface area contributed by atoms with Gasteiger partial charge < -0.3 is 20.3 Å². The molecule has 0 spiro atoms.